The normalized spacial score (nSPS) is 17.1. The van der Waals surface area contributed by atoms with Crippen LogP contribution in [0, 0.1) is 0 Å². The minimum absolute atomic E-state index is 0.0819. The van der Waals surface area contributed by atoms with E-state index in [1.54, 1.807) is 6.92 Å². The minimum atomic E-state index is -1.65. The Labute approximate surface area is 132 Å². The molecule has 1 aromatic rings. The monoisotopic (exact) mass is 326 g/mol. The van der Waals surface area contributed by atoms with E-state index in [4.69, 9.17) is 23.7 Å². The third kappa shape index (κ3) is 2.77. The molecule has 0 aromatic heterocycles. The van der Waals surface area contributed by atoms with Gasteiger partial charge in [-0.05, 0) is 13.0 Å². The largest absolute Gasteiger partial charge is 0.493 e. The molecule has 8 nitrogen and oxygen atoms in total. The van der Waals surface area contributed by atoms with Gasteiger partial charge in [0.2, 0.25) is 5.75 Å². The number of benzene rings is 1. The van der Waals surface area contributed by atoms with Gasteiger partial charge in [0.05, 0.1) is 27.9 Å². The Hall–Kier alpha value is -2.48. The molecule has 0 amide bonds. The third-order valence-electron chi connectivity index (χ3n) is 3.42. The molecule has 23 heavy (non-hydrogen) atoms. The number of hydrogen-bond donors (Lipinski definition) is 1. The average molecular weight is 326 g/mol. The van der Waals surface area contributed by atoms with Crippen LogP contribution in [0.1, 0.15) is 28.9 Å². The van der Waals surface area contributed by atoms with Gasteiger partial charge < -0.3 is 28.8 Å². The number of hydrogen-bond acceptors (Lipinski definition) is 8. The van der Waals surface area contributed by atoms with E-state index in [9.17, 15) is 14.7 Å². The van der Waals surface area contributed by atoms with Gasteiger partial charge in [0.1, 0.15) is 5.56 Å². The van der Waals surface area contributed by atoms with Crippen LogP contribution >= 0.6 is 0 Å². The molecule has 0 saturated heterocycles. The number of aliphatic hydroxyl groups excluding tert-OH is 1. The van der Waals surface area contributed by atoms with E-state index < -0.39 is 24.1 Å². The minimum Gasteiger partial charge on any atom is -0.493 e. The lowest BCUT2D eigenvalue weighted by Gasteiger charge is -2.18. The number of ether oxygens (including phenoxy) is 5. The number of carbonyl (C=O) groups is 2. The van der Waals surface area contributed by atoms with Gasteiger partial charge in [-0.2, -0.15) is 0 Å². The summed E-state index contributed by atoms with van der Waals surface area (Å²) in [6.45, 7) is 1.70. The van der Waals surface area contributed by atoms with Gasteiger partial charge in [0.25, 0.3) is 0 Å². The molecule has 8 heteroatoms. The molecule has 1 aliphatic rings. The molecule has 2 rings (SSSR count). The fourth-order valence-electron chi connectivity index (χ4n) is 2.43. The van der Waals surface area contributed by atoms with E-state index >= 15 is 0 Å². The zero-order valence-corrected chi connectivity index (χ0v) is 13.2. The Bertz CT molecular complexity index is 624. The first-order chi connectivity index (χ1) is 11.0. The van der Waals surface area contributed by atoms with Crippen molar-refractivity contribution in [2.75, 3.05) is 27.9 Å². The van der Waals surface area contributed by atoms with Crippen molar-refractivity contribution in [3.63, 3.8) is 0 Å². The van der Waals surface area contributed by atoms with Gasteiger partial charge in [-0.25, -0.2) is 9.59 Å². The van der Waals surface area contributed by atoms with Crippen molar-refractivity contribution < 1.29 is 38.4 Å². The van der Waals surface area contributed by atoms with Crippen molar-refractivity contribution in [2.24, 2.45) is 0 Å². The number of esters is 2. The number of fused-ring (bicyclic) bond motifs is 1. The van der Waals surface area contributed by atoms with Gasteiger partial charge in [-0.15, -0.1) is 0 Å². The summed E-state index contributed by atoms with van der Waals surface area (Å²) in [6.07, 6.45) is -2.85. The van der Waals surface area contributed by atoms with Crippen molar-refractivity contribution in [3.8, 4) is 17.2 Å². The summed E-state index contributed by atoms with van der Waals surface area (Å²) in [5.74, 6) is -0.997. The molecule has 0 aliphatic carbocycles. The van der Waals surface area contributed by atoms with Gasteiger partial charge in [0, 0.05) is 5.56 Å². The highest BCUT2D eigenvalue weighted by Gasteiger charge is 2.43. The van der Waals surface area contributed by atoms with Gasteiger partial charge >= 0.3 is 11.9 Å². The average Bonchev–Trinajstić information content (AvgIpc) is 2.88. The van der Waals surface area contributed by atoms with E-state index in [2.05, 4.69) is 0 Å². The molecule has 1 N–H and O–H groups in total. The summed E-state index contributed by atoms with van der Waals surface area (Å²) in [5.41, 5.74) is 0.351. The molecule has 0 unspecified atom stereocenters. The Balaban J connectivity index is 2.55. The van der Waals surface area contributed by atoms with Gasteiger partial charge in [0.15, 0.2) is 23.7 Å². The third-order valence-corrected chi connectivity index (χ3v) is 3.42. The summed E-state index contributed by atoms with van der Waals surface area (Å²) in [4.78, 5) is 23.9. The summed E-state index contributed by atoms with van der Waals surface area (Å²) in [6, 6.07) is 1.47. The lowest BCUT2D eigenvalue weighted by molar-refractivity contribution is -0.159. The van der Waals surface area contributed by atoms with E-state index in [1.165, 1.54) is 27.4 Å². The highest BCUT2D eigenvalue weighted by atomic mass is 16.6. The first kappa shape index (κ1) is 16.9. The molecule has 0 radical (unpaired) electrons. The van der Waals surface area contributed by atoms with E-state index in [1.807, 2.05) is 0 Å². The van der Waals surface area contributed by atoms with Crippen LogP contribution in [0.4, 0.5) is 0 Å². The van der Waals surface area contributed by atoms with Crippen molar-refractivity contribution in [3.05, 3.63) is 17.2 Å². The summed E-state index contributed by atoms with van der Waals surface area (Å²) in [7, 11) is 4.18. The molecule has 0 saturated carbocycles. The van der Waals surface area contributed by atoms with Gasteiger partial charge in [-0.3, -0.25) is 0 Å². The molecule has 0 bridgehead atoms. The quantitative estimate of drug-likeness (QED) is 0.768. The van der Waals surface area contributed by atoms with Crippen LogP contribution in [0.2, 0.25) is 0 Å². The van der Waals surface area contributed by atoms with Crippen LogP contribution in [0.5, 0.6) is 17.2 Å². The Morgan fingerprint density at radius 2 is 1.91 bits per heavy atom. The zero-order chi connectivity index (χ0) is 17.1. The molecule has 0 fully saturated rings. The lowest BCUT2D eigenvalue weighted by Crippen LogP contribution is -2.30. The molecule has 1 aliphatic heterocycles. The second kappa shape index (κ2) is 6.74. The maximum absolute atomic E-state index is 12.1. The fourth-order valence-corrected chi connectivity index (χ4v) is 2.43. The zero-order valence-electron chi connectivity index (χ0n) is 13.2. The summed E-state index contributed by atoms with van der Waals surface area (Å²) in [5, 5.41) is 10.1. The number of cyclic esters (lactones) is 1. The van der Waals surface area contributed by atoms with Crippen LogP contribution < -0.4 is 14.2 Å². The predicted molar refractivity (Wildman–Crippen MR) is 76.9 cm³/mol. The van der Waals surface area contributed by atoms with Crippen molar-refractivity contribution in [1.82, 2.24) is 0 Å². The van der Waals surface area contributed by atoms with Gasteiger partial charge in [-0.1, -0.05) is 0 Å². The number of carbonyl (C=O) groups excluding carboxylic acids is 2. The second-order valence-corrected chi connectivity index (χ2v) is 4.63. The highest BCUT2D eigenvalue weighted by molar-refractivity contribution is 5.99. The maximum Gasteiger partial charge on any atom is 0.343 e. The predicted octanol–water partition coefficient (Wildman–Crippen LogP) is 0.848. The standard InChI is InChI=1S/C15H18O8/c1-5-22-15(18)10(16)11-7-6-8(19-2)12(20-3)13(21-4)9(7)14(17)23-11/h6,10-11,16H,5H2,1-4H3/t10-,11+/m0/s1. The Kier molecular flexibility index (Phi) is 4.95. The summed E-state index contributed by atoms with van der Waals surface area (Å²) < 4.78 is 25.5. The van der Waals surface area contributed by atoms with Crippen molar-refractivity contribution in [2.45, 2.75) is 19.1 Å². The molecule has 1 heterocycles. The van der Waals surface area contributed by atoms with Crippen LogP contribution in [-0.4, -0.2) is 51.1 Å². The van der Waals surface area contributed by atoms with E-state index in [0.717, 1.165) is 0 Å². The summed E-state index contributed by atoms with van der Waals surface area (Å²) >= 11 is 0. The van der Waals surface area contributed by atoms with Crippen molar-refractivity contribution in [1.29, 1.82) is 0 Å². The smallest absolute Gasteiger partial charge is 0.343 e. The second-order valence-electron chi connectivity index (χ2n) is 4.63. The van der Waals surface area contributed by atoms with Crippen molar-refractivity contribution >= 4 is 11.9 Å². The molecule has 126 valence electrons. The number of methoxy groups -OCH3 is 3. The highest BCUT2D eigenvalue weighted by Crippen LogP contribution is 2.48. The fraction of sp³-hybridized carbons (Fsp3) is 0.467. The van der Waals surface area contributed by atoms with E-state index in [-0.39, 0.29) is 35.0 Å². The first-order valence-electron chi connectivity index (χ1n) is 6.88. The number of rotatable bonds is 6. The maximum atomic E-state index is 12.1. The van der Waals surface area contributed by atoms with Crippen LogP contribution in [0.25, 0.3) is 0 Å². The molecule has 1 aromatic carbocycles. The molecular weight excluding hydrogens is 308 g/mol. The topological polar surface area (TPSA) is 101 Å². The molecular formula is C15H18O8. The van der Waals surface area contributed by atoms with E-state index in [0.29, 0.717) is 0 Å². The molecule has 2 atom stereocenters. The SMILES string of the molecule is CCOC(=O)[C@@H](O)[C@@H]1OC(=O)c2c1cc(OC)c(OC)c2OC. The van der Waals surface area contributed by atoms with Crippen LogP contribution in [0.15, 0.2) is 6.07 Å². The Morgan fingerprint density at radius 1 is 1.26 bits per heavy atom. The van der Waals surface area contributed by atoms with Crippen LogP contribution in [-0.2, 0) is 14.3 Å². The van der Waals surface area contributed by atoms with Crippen LogP contribution in [0.3, 0.4) is 0 Å². The molecule has 0 spiro atoms. The lowest BCUT2D eigenvalue weighted by atomic mass is 9.99. The Morgan fingerprint density at radius 3 is 2.43 bits per heavy atom. The first-order valence-corrected chi connectivity index (χ1v) is 6.88. The number of aliphatic hydroxyl groups is 1.